The number of nitrogens with zero attached hydrogens (tertiary/aromatic N) is 6. The highest BCUT2D eigenvalue weighted by Gasteiger charge is 2.38. The second-order valence-corrected chi connectivity index (χ2v) is 7.37. The molecule has 1 N–H and O–H groups in total. The van der Waals surface area contributed by atoms with Crippen molar-refractivity contribution in [3.63, 3.8) is 0 Å². The summed E-state index contributed by atoms with van der Waals surface area (Å²) in [6, 6.07) is 7.91. The van der Waals surface area contributed by atoms with E-state index in [1.54, 1.807) is 12.5 Å². The molecule has 2 aromatic heterocycles. The first-order valence-corrected chi connectivity index (χ1v) is 10.2. The molecule has 0 saturated heterocycles. The van der Waals surface area contributed by atoms with Gasteiger partial charge in [0.25, 0.3) is 5.91 Å². The molecule has 0 atom stereocenters. The standard InChI is InChI=1S/C19H22N6O.C2HF3O2/c1-2-15-4-6-16(7-5-15)19(26)24-9-3-10-25-18(13-24)17(21-22-25)12-23-11-8-20-14-23;3-2(4,5)1(6)7/h4-8,11,14H,2-3,9-10,12-13H2,1H3;(H,6,7). The molecule has 0 unspecified atom stereocenters. The lowest BCUT2D eigenvalue weighted by Gasteiger charge is -2.20. The molecule has 4 rings (SSSR count). The smallest absolute Gasteiger partial charge is 0.475 e. The van der Waals surface area contributed by atoms with E-state index in [1.807, 2.05) is 44.6 Å². The van der Waals surface area contributed by atoms with Crippen LogP contribution in [0.3, 0.4) is 0 Å². The Balaban J connectivity index is 0.000000383. The van der Waals surface area contributed by atoms with Gasteiger partial charge in [0.2, 0.25) is 0 Å². The molecule has 0 spiro atoms. The molecular formula is C21H23F3N6O3. The summed E-state index contributed by atoms with van der Waals surface area (Å²) in [5.74, 6) is -2.69. The van der Waals surface area contributed by atoms with Crippen molar-refractivity contribution >= 4 is 11.9 Å². The summed E-state index contributed by atoms with van der Waals surface area (Å²) in [6.07, 6.45) is 2.18. The van der Waals surface area contributed by atoms with Crippen LogP contribution in [-0.4, -0.2) is 59.1 Å². The SMILES string of the molecule is CCc1ccc(C(=O)N2CCCn3nnc(Cn4ccnc4)c3C2)cc1.O=C(O)C(F)(F)F. The van der Waals surface area contributed by atoms with Crippen molar-refractivity contribution in [3.05, 3.63) is 65.5 Å². The minimum Gasteiger partial charge on any atom is -0.475 e. The first-order valence-electron chi connectivity index (χ1n) is 10.2. The number of hydrogen-bond donors (Lipinski definition) is 1. The molecule has 33 heavy (non-hydrogen) atoms. The lowest BCUT2D eigenvalue weighted by Crippen LogP contribution is -2.31. The van der Waals surface area contributed by atoms with Gasteiger partial charge in [-0.05, 0) is 30.5 Å². The molecule has 176 valence electrons. The van der Waals surface area contributed by atoms with Gasteiger partial charge >= 0.3 is 12.1 Å². The van der Waals surface area contributed by atoms with Crippen LogP contribution in [0.5, 0.6) is 0 Å². The van der Waals surface area contributed by atoms with Gasteiger partial charge in [0.1, 0.15) is 5.69 Å². The number of amides is 1. The first-order chi connectivity index (χ1) is 15.7. The molecule has 1 aromatic carbocycles. The van der Waals surface area contributed by atoms with Gasteiger partial charge in [0, 0.05) is 31.0 Å². The van der Waals surface area contributed by atoms with Gasteiger partial charge in [-0.2, -0.15) is 13.2 Å². The second-order valence-electron chi connectivity index (χ2n) is 7.37. The zero-order valence-corrected chi connectivity index (χ0v) is 17.9. The third-order valence-corrected chi connectivity index (χ3v) is 5.09. The highest BCUT2D eigenvalue weighted by Crippen LogP contribution is 2.18. The van der Waals surface area contributed by atoms with E-state index >= 15 is 0 Å². The summed E-state index contributed by atoms with van der Waals surface area (Å²) < 4.78 is 35.6. The molecule has 12 heteroatoms. The van der Waals surface area contributed by atoms with Gasteiger partial charge in [-0.15, -0.1) is 5.10 Å². The van der Waals surface area contributed by atoms with Crippen LogP contribution in [0.15, 0.2) is 43.0 Å². The fourth-order valence-electron chi connectivity index (χ4n) is 3.31. The molecule has 1 aliphatic heterocycles. The van der Waals surface area contributed by atoms with Crippen LogP contribution in [0, 0.1) is 0 Å². The number of imidazole rings is 1. The lowest BCUT2D eigenvalue weighted by molar-refractivity contribution is -0.192. The van der Waals surface area contributed by atoms with Gasteiger partial charge in [-0.1, -0.05) is 24.3 Å². The summed E-state index contributed by atoms with van der Waals surface area (Å²) in [5, 5.41) is 15.7. The Kier molecular flexibility index (Phi) is 7.46. The summed E-state index contributed by atoms with van der Waals surface area (Å²) in [7, 11) is 0. The van der Waals surface area contributed by atoms with Crippen LogP contribution in [0.25, 0.3) is 0 Å². The second kappa shape index (κ2) is 10.3. The first kappa shape index (κ1) is 24.0. The average molecular weight is 464 g/mol. The number of rotatable bonds is 4. The Morgan fingerprint density at radius 3 is 2.42 bits per heavy atom. The number of carbonyl (C=O) groups is 2. The Morgan fingerprint density at radius 1 is 1.15 bits per heavy atom. The number of carboxylic acids is 1. The average Bonchev–Trinajstić information content (AvgIpc) is 3.38. The molecular weight excluding hydrogens is 441 g/mol. The molecule has 3 heterocycles. The van der Waals surface area contributed by atoms with Crippen LogP contribution < -0.4 is 0 Å². The highest BCUT2D eigenvalue weighted by molar-refractivity contribution is 5.94. The zero-order valence-electron chi connectivity index (χ0n) is 17.9. The summed E-state index contributed by atoms with van der Waals surface area (Å²) >= 11 is 0. The Hall–Kier alpha value is -3.70. The van der Waals surface area contributed by atoms with E-state index < -0.39 is 12.1 Å². The van der Waals surface area contributed by atoms with E-state index in [2.05, 4.69) is 22.2 Å². The van der Waals surface area contributed by atoms with Gasteiger partial charge < -0.3 is 14.6 Å². The fraction of sp³-hybridized carbons (Fsp3) is 0.381. The van der Waals surface area contributed by atoms with Gasteiger partial charge in [-0.25, -0.2) is 14.5 Å². The van der Waals surface area contributed by atoms with E-state index in [4.69, 9.17) is 9.90 Å². The van der Waals surface area contributed by atoms with Crippen molar-refractivity contribution in [2.24, 2.45) is 0 Å². The lowest BCUT2D eigenvalue weighted by atomic mass is 10.1. The summed E-state index contributed by atoms with van der Waals surface area (Å²) in [6.45, 7) is 4.77. The summed E-state index contributed by atoms with van der Waals surface area (Å²) in [4.78, 5) is 27.8. The van der Waals surface area contributed by atoms with E-state index in [9.17, 15) is 18.0 Å². The van der Waals surface area contributed by atoms with Crippen LogP contribution in [0.2, 0.25) is 0 Å². The molecule has 1 aliphatic rings. The van der Waals surface area contributed by atoms with Crippen molar-refractivity contribution in [1.29, 1.82) is 0 Å². The Morgan fingerprint density at radius 2 is 1.85 bits per heavy atom. The van der Waals surface area contributed by atoms with Crippen molar-refractivity contribution in [3.8, 4) is 0 Å². The molecule has 0 aliphatic carbocycles. The largest absolute Gasteiger partial charge is 0.490 e. The van der Waals surface area contributed by atoms with Crippen LogP contribution in [-0.2, 0) is 30.8 Å². The maximum Gasteiger partial charge on any atom is 0.490 e. The van der Waals surface area contributed by atoms with Crippen molar-refractivity contribution in [1.82, 2.24) is 29.4 Å². The number of benzene rings is 1. The Labute approximate surface area is 187 Å². The van der Waals surface area contributed by atoms with Gasteiger partial charge in [-0.3, -0.25) is 4.79 Å². The molecule has 1 amide bonds. The molecule has 0 fully saturated rings. The normalized spacial score (nSPS) is 13.5. The maximum absolute atomic E-state index is 13.0. The minimum absolute atomic E-state index is 0.0656. The Bertz CT molecular complexity index is 1080. The summed E-state index contributed by atoms with van der Waals surface area (Å²) in [5.41, 5.74) is 3.88. The number of fused-ring (bicyclic) bond motifs is 1. The number of alkyl halides is 3. The maximum atomic E-state index is 13.0. The molecule has 0 saturated carbocycles. The number of hydrogen-bond acceptors (Lipinski definition) is 5. The number of carboxylic acid groups (broad SMARTS) is 1. The van der Waals surface area contributed by atoms with E-state index in [0.717, 1.165) is 42.9 Å². The van der Waals surface area contributed by atoms with Crippen LogP contribution >= 0.6 is 0 Å². The van der Waals surface area contributed by atoms with Crippen molar-refractivity contribution in [2.45, 2.75) is 45.6 Å². The van der Waals surface area contributed by atoms with Crippen molar-refractivity contribution < 1.29 is 27.9 Å². The van der Waals surface area contributed by atoms with E-state index in [-0.39, 0.29) is 5.91 Å². The minimum atomic E-state index is -5.08. The predicted octanol–water partition coefficient (Wildman–Crippen LogP) is 2.76. The van der Waals surface area contributed by atoms with Crippen LogP contribution in [0.4, 0.5) is 13.2 Å². The predicted molar refractivity (Wildman–Crippen MR) is 110 cm³/mol. The van der Waals surface area contributed by atoms with E-state index in [0.29, 0.717) is 13.1 Å². The molecule has 3 aromatic rings. The molecule has 9 nitrogen and oxygen atoms in total. The monoisotopic (exact) mass is 464 g/mol. The van der Waals surface area contributed by atoms with Crippen LogP contribution in [0.1, 0.15) is 40.7 Å². The highest BCUT2D eigenvalue weighted by atomic mass is 19.4. The van der Waals surface area contributed by atoms with E-state index in [1.165, 1.54) is 5.56 Å². The number of halogens is 3. The molecule has 0 bridgehead atoms. The zero-order chi connectivity index (χ0) is 24.0. The molecule has 0 radical (unpaired) electrons. The number of aryl methyl sites for hydroxylation is 2. The third kappa shape index (κ3) is 6.18. The number of aromatic nitrogens is 5. The number of aliphatic carboxylic acids is 1. The quantitative estimate of drug-likeness (QED) is 0.637. The third-order valence-electron chi connectivity index (χ3n) is 5.09. The van der Waals surface area contributed by atoms with Gasteiger partial charge in [0.05, 0.1) is 25.1 Å². The number of carbonyl (C=O) groups excluding carboxylic acids is 1. The topological polar surface area (TPSA) is 106 Å². The van der Waals surface area contributed by atoms with Gasteiger partial charge in [0.15, 0.2) is 0 Å². The van der Waals surface area contributed by atoms with Crippen molar-refractivity contribution in [2.75, 3.05) is 6.54 Å². The fourth-order valence-corrected chi connectivity index (χ4v) is 3.31.